The van der Waals surface area contributed by atoms with Gasteiger partial charge in [0.25, 0.3) is 0 Å². The van der Waals surface area contributed by atoms with Crippen molar-refractivity contribution in [3.8, 4) is 22.6 Å². The third-order valence-electron chi connectivity index (χ3n) is 4.67. The molecular formula is C23H14BrNOS. The van der Waals surface area contributed by atoms with E-state index in [9.17, 15) is 0 Å². The number of oxazole rings is 1. The van der Waals surface area contributed by atoms with Crippen molar-refractivity contribution < 1.29 is 4.42 Å². The van der Waals surface area contributed by atoms with Gasteiger partial charge in [0.1, 0.15) is 5.52 Å². The lowest BCUT2D eigenvalue weighted by atomic mass is 9.97. The van der Waals surface area contributed by atoms with Gasteiger partial charge in [0.2, 0.25) is 5.89 Å². The van der Waals surface area contributed by atoms with Crippen LogP contribution in [0.4, 0.5) is 0 Å². The molecular weight excluding hydrogens is 418 g/mol. The van der Waals surface area contributed by atoms with E-state index in [0.29, 0.717) is 5.89 Å². The summed E-state index contributed by atoms with van der Waals surface area (Å²) < 4.78 is 7.25. The molecule has 5 rings (SSSR count). The van der Waals surface area contributed by atoms with Crippen LogP contribution in [0.25, 0.3) is 44.5 Å². The summed E-state index contributed by atoms with van der Waals surface area (Å²) in [4.78, 5) is 5.60. The van der Waals surface area contributed by atoms with Crippen LogP contribution in [0.5, 0.6) is 0 Å². The summed E-state index contributed by atoms with van der Waals surface area (Å²) in [6.07, 6.45) is 0. The first-order chi connectivity index (χ1) is 13.2. The van der Waals surface area contributed by atoms with Crippen molar-refractivity contribution >= 4 is 50.4 Å². The fourth-order valence-corrected chi connectivity index (χ4v) is 4.09. The second kappa shape index (κ2) is 6.55. The minimum Gasteiger partial charge on any atom is -0.435 e. The predicted octanol–water partition coefficient (Wildman–Crippen LogP) is 7.37. The number of thiol groups is 1. The molecule has 1 heterocycles. The number of fused-ring (bicyclic) bond motifs is 2. The highest BCUT2D eigenvalue weighted by molar-refractivity contribution is 9.10. The van der Waals surface area contributed by atoms with Gasteiger partial charge in [-0.05, 0) is 47.2 Å². The number of hydrogen-bond donors (Lipinski definition) is 1. The molecule has 4 aromatic carbocycles. The zero-order chi connectivity index (χ0) is 18.4. The first-order valence-electron chi connectivity index (χ1n) is 8.57. The van der Waals surface area contributed by atoms with E-state index in [4.69, 9.17) is 22.0 Å². The van der Waals surface area contributed by atoms with Crippen LogP contribution in [0.15, 0.2) is 92.6 Å². The molecule has 0 atom stereocenters. The van der Waals surface area contributed by atoms with Gasteiger partial charge in [0.15, 0.2) is 5.58 Å². The maximum Gasteiger partial charge on any atom is 0.227 e. The summed E-state index contributed by atoms with van der Waals surface area (Å²) in [5.41, 5.74) is 4.63. The average molecular weight is 432 g/mol. The second-order valence-corrected chi connectivity index (χ2v) is 7.76. The van der Waals surface area contributed by atoms with Crippen LogP contribution in [0.3, 0.4) is 0 Å². The Morgan fingerprint density at radius 1 is 0.852 bits per heavy atom. The van der Waals surface area contributed by atoms with Crippen molar-refractivity contribution in [1.29, 1.82) is 0 Å². The average Bonchev–Trinajstić information content (AvgIpc) is 3.13. The maximum absolute atomic E-state index is 6.22. The molecule has 1 aromatic heterocycles. The largest absolute Gasteiger partial charge is 0.435 e. The standard InChI is InChI=1S/C23H14BrNOS/c24-16-11-9-14-10-12-20(27)21(18(14)13-16)17-7-4-8-19-22(17)26-23(25-19)15-5-2-1-3-6-15/h1-13,27H. The lowest BCUT2D eigenvalue weighted by molar-refractivity contribution is 0.620. The summed E-state index contributed by atoms with van der Waals surface area (Å²) in [6, 6.07) is 26.4. The summed E-state index contributed by atoms with van der Waals surface area (Å²) in [7, 11) is 0. The fourth-order valence-electron chi connectivity index (χ4n) is 3.41. The van der Waals surface area contributed by atoms with E-state index in [1.165, 1.54) is 0 Å². The number of nitrogens with zero attached hydrogens (tertiary/aromatic N) is 1. The molecule has 0 aliphatic rings. The molecule has 0 fully saturated rings. The van der Waals surface area contributed by atoms with Crippen molar-refractivity contribution in [2.45, 2.75) is 4.90 Å². The number of hydrogen-bond acceptors (Lipinski definition) is 3. The Morgan fingerprint density at radius 2 is 1.67 bits per heavy atom. The molecule has 5 aromatic rings. The molecule has 27 heavy (non-hydrogen) atoms. The third-order valence-corrected chi connectivity index (χ3v) is 5.53. The van der Waals surface area contributed by atoms with E-state index >= 15 is 0 Å². The number of para-hydroxylation sites is 1. The van der Waals surface area contributed by atoms with Gasteiger partial charge in [-0.3, -0.25) is 0 Å². The van der Waals surface area contributed by atoms with Gasteiger partial charge in [0.05, 0.1) is 0 Å². The third kappa shape index (κ3) is 2.85. The highest BCUT2D eigenvalue weighted by Gasteiger charge is 2.16. The Labute approximate surface area is 170 Å². The summed E-state index contributed by atoms with van der Waals surface area (Å²) in [6.45, 7) is 0. The van der Waals surface area contributed by atoms with Crippen LogP contribution in [0.1, 0.15) is 0 Å². The Kier molecular flexibility index (Phi) is 4.03. The highest BCUT2D eigenvalue weighted by atomic mass is 79.9. The molecule has 0 aliphatic carbocycles. The minimum absolute atomic E-state index is 0.625. The molecule has 0 radical (unpaired) electrons. The maximum atomic E-state index is 6.22. The smallest absolute Gasteiger partial charge is 0.227 e. The second-order valence-electron chi connectivity index (χ2n) is 6.36. The Hall–Kier alpha value is -2.56. The van der Waals surface area contributed by atoms with Gasteiger partial charge in [-0.15, -0.1) is 12.6 Å². The van der Waals surface area contributed by atoms with Crippen LogP contribution in [0.2, 0.25) is 0 Å². The van der Waals surface area contributed by atoms with E-state index in [2.05, 4.69) is 40.2 Å². The van der Waals surface area contributed by atoms with Crippen molar-refractivity contribution in [2.75, 3.05) is 0 Å². The highest BCUT2D eigenvalue weighted by Crippen LogP contribution is 2.40. The van der Waals surface area contributed by atoms with Gasteiger partial charge in [-0.1, -0.05) is 58.4 Å². The molecule has 0 N–H and O–H groups in total. The molecule has 2 nitrogen and oxygen atoms in total. The Bertz CT molecular complexity index is 1290. The molecule has 0 unspecified atom stereocenters. The van der Waals surface area contributed by atoms with Gasteiger partial charge in [0, 0.05) is 26.1 Å². The Balaban J connectivity index is 1.82. The zero-order valence-corrected chi connectivity index (χ0v) is 16.7. The lowest BCUT2D eigenvalue weighted by Crippen LogP contribution is -1.85. The summed E-state index contributed by atoms with van der Waals surface area (Å²) in [5, 5.41) is 2.29. The first-order valence-corrected chi connectivity index (χ1v) is 9.81. The number of benzene rings is 4. The molecule has 0 saturated carbocycles. The summed E-state index contributed by atoms with van der Waals surface area (Å²) >= 11 is 8.33. The van der Waals surface area contributed by atoms with E-state index in [1.54, 1.807) is 0 Å². The molecule has 0 spiro atoms. The van der Waals surface area contributed by atoms with Crippen LogP contribution in [-0.2, 0) is 0 Å². The molecule has 0 amide bonds. The molecule has 0 aliphatic heterocycles. The first kappa shape index (κ1) is 16.6. The van der Waals surface area contributed by atoms with E-state index in [-0.39, 0.29) is 0 Å². The molecule has 0 saturated heterocycles. The zero-order valence-electron chi connectivity index (χ0n) is 14.2. The minimum atomic E-state index is 0.625. The van der Waals surface area contributed by atoms with Crippen LogP contribution in [-0.4, -0.2) is 4.98 Å². The Morgan fingerprint density at radius 3 is 2.52 bits per heavy atom. The number of halogens is 1. The number of rotatable bonds is 2. The van der Waals surface area contributed by atoms with Gasteiger partial charge >= 0.3 is 0 Å². The predicted molar refractivity (Wildman–Crippen MR) is 117 cm³/mol. The van der Waals surface area contributed by atoms with E-state index in [0.717, 1.165) is 47.9 Å². The number of aromatic nitrogens is 1. The van der Waals surface area contributed by atoms with E-state index in [1.807, 2.05) is 54.6 Å². The normalized spacial score (nSPS) is 11.3. The SMILES string of the molecule is Sc1ccc2ccc(Br)cc2c1-c1cccc2nc(-c3ccccc3)oc12. The quantitative estimate of drug-likeness (QED) is 0.295. The van der Waals surface area contributed by atoms with Crippen LogP contribution in [0, 0.1) is 0 Å². The van der Waals surface area contributed by atoms with Gasteiger partial charge in [-0.2, -0.15) is 0 Å². The topological polar surface area (TPSA) is 26.0 Å². The van der Waals surface area contributed by atoms with Crippen LogP contribution < -0.4 is 0 Å². The van der Waals surface area contributed by atoms with Gasteiger partial charge in [-0.25, -0.2) is 4.98 Å². The van der Waals surface area contributed by atoms with Crippen molar-refractivity contribution in [3.63, 3.8) is 0 Å². The van der Waals surface area contributed by atoms with Crippen molar-refractivity contribution in [2.24, 2.45) is 0 Å². The molecule has 0 bridgehead atoms. The lowest BCUT2D eigenvalue weighted by Gasteiger charge is -2.11. The van der Waals surface area contributed by atoms with Crippen molar-refractivity contribution in [3.05, 3.63) is 83.3 Å². The summed E-state index contributed by atoms with van der Waals surface area (Å²) in [5.74, 6) is 0.625. The fraction of sp³-hybridized carbons (Fsp3) is 0. The molecule has 4 heteroatoms. The van der Waals surface area contributed by atoms with E-state index < -0.39 is 0 Å². The van der Waals surface area contributed by atoms with Crippen LogP contribution >= 0.6 is 28.6 Å². The van der Waals surface area contributed by atoms with Gasteiger partial charge < -0.3 is 4.42 Å². The monoisotopic (exact) mass is 431 g/mol. The van der Waals surface area contributed by atoms with Crippen molar-refractivity contribution in [1.82, 2.24) is 4.98 Å². The molecule has 130 valence electrons.